The predicted molar refractivity (Wildman–Crippen MR) is 81.9 cm³/mol. The number of carbonyl (C=O) groups excluding carboxylic acids is 1. The molecule has 0 radical (unpaired) electrons. The Balaban J connectivity index is 0.00000264. The van der Waals surface area contributed by atoms with Crippen LogP contribution in [0.1, 0.15) is 16.8 Å². The lowest BCUT2D eigenvalue weighted by Crippen LogP contribution is -2.31. The number of likely N-dealkylation sites (tertiary alicyclic amines) is 1. The van der Waals surface area contributed by atoms with Crippen molar-refractivity contribution in [1.82, 2.24) is 4.90 Å². The van der Waals surface area contributed by atoms with Gasteiger partial charge >= 0.3 is 6.61 Å². The first-order valence-corrected chi connectivity index (χ1v) is 6.72. The first-order chi connectivity index (χ1) is 10.5. The minimum Gasteiger partial charge on any atom is -0.493 e. The van der Waals surface area contributed by atoms with Gasteiger partial charge in [0.2, 0.25) is 5.75 Å². The summed E-state index contributed by atoms with van der Waals surface area (Å²) in [5, 5.41) is 0. The molecule has 2 rings (SSSR count). The summed E-state index contributed by atoms with van der Waals surface area (Å²) in [7, 11) is 2.60. The van der Waals surface area contributed by atoms with Gasteiger partial charge in [0.15, 0.2) is 11.5 Å². The minimum absolute atomic E-state index is 0. The van der Waals surface area contributed by atoms with Gasteiger partial charge in [-0.15, -0.1) is 12.4 Å². The van der Waals surface area contributed by atoms with Gasteiger partial charge in [-0.3, -0.25) is 4.79 Å². The van der Waals surface area contributed by atoms with E-state index < -0.39 is 6.61 Å². The van der Waals surface area contributed by atoms with Crippen molar-refractivity contribution in [3.8, 4) is 17.2 Å². The summed E-state index contributed by atoms with van der Waals surface area (Å²) in [5.74, 6) is -0.485. The number of hydrogen-bond acceptors (Lipinski definition) is 5. The summed E-state index contributed by atoms with van der Waals surface area (Å²) < 4.78 is 39.4. The summed E-state index contributed by atoms with van der Waals surface area (Å²) in [6, 6.07) is 2.66. The molecule has 1 amide bonds. The zero-order valence-corrected chi connectivity index (χ0v) is 13.6. The van der Waals surface area contributed by atoms with Crippen LogP contribution in [0.2, 0.25) is 0 Å². The van der Waals surface area contributed by atoms with Crippen LogP contribution in [0.4, 0.5) is 8.78 Å². The molecule has 2 N–H and O–H groups in total. The molecular weight excluding hydrogens is 334 g/mol. The van der Waals surface area contributed by atoms with Gasteiger partial charge in [-0.05, 0) is 18.6 Å². The number of alkyl halides is 2. The molecule has 1 aromatic rings. The zero-order chi connectivity index (χ0) is 16.3. The molecular formula is C14H19ClF2N2O4. The number of rotatable bonds is 5. The molecule has 130 valence electrons. The predicted octanol–water partition coefficient (Wildman–Crippen LogP) is 1.90. The van der Waals surface area contributed by atoms with Gasteiger partial charge in [-0.2, -0.15) is 8.78 Å². The maximum atomic E-state index is 12.5. The number of benzene rings is 1. The Morgan fingerprint density at radius 1 is 1.30 bits per heavy atom. The SMILES string of the molecule is COc1cc(C(=O)N2CC[C@@H](N)C2)cc(OC)c1OC(F)F.Cl. The van der Waals surface area contributed by atoms with Crippen molar-refractivity contribution >= 4 is 18.3 Å². The van der Waals surface area contributed by atoms with Crippen molar-refractivity contribution in [2.45, 2.75) is 19.1 Å². The fourth-order valence-electron chi connectivity index (χ4n) is 2.36. The molecule has 9 heteroatoms. The lowest BCUT2D eigenvalue weighted by molar-refractivity contribution is -0.0526. The van der Waals surface area contributed by atoms with Crippen LogP contribution in [0.5, 0.6) is 17.2 Å². The molecule has 1 atom stereocenters. The number of hydrogen-bond donors (Lipinski definition) is 1. The standard InChI is InChI=1S/C14H18F2N2O4.ClH/c1-20-10-5-8(13(19)18-4-3-9(17)7-18)6-11(21-2)12(10)22-14(15)16;/h5-6,9,14H,3-4,7,17H2,1-2H3;1H/t9-;/m1./s1. The number of ether oxygens (including phenoxy) is 3. The highest BCUT2D eigenvalue weighted by atomic mass is 35.5. The van der Waals surface area contributed by atoms with E-state index in [0.717, 1.165) is 6.42 Å². The topological polar surface area (TPSA) is 74.0 Å². The molecule has 1 saturated heterocycles. The van der Waals surface area contributed by atoms with E-state index in [1.54, 1.807) is 4.90 Å². The molecule has 0 unspecified atom stereocenters. The molecule has 0 bridgehead atoms. The Morgan fingerprint density at radius 3 is 2.26 bits per heavy atom. The van der Waals surface area contributed by atoms with Gasteiger partial charge in [0.05, 0.1) is 14.2 Å². The highest BCUT2D eigenvalue weighted by Crippen LogP contribution is 2.39. The van der Waals surface area contributed by atoms with E-state index in [1.807, 2.05) is 0 Å². The Morgan fingerprint density at radius 2 is 1.87 bits per heavy atom. The van der Waals surface area contributed by atoms with Crippen LogP contribution in [0.15, 0.2) is 12.1 Å². The first kappa shape index (κ1) is 19.2. The maximum Gasteiger partial charge on any atom is 0.387 e. The average molecular weight is 353 g/mol. The second-order valence-corrected chi connectivity index (χ2v) is 4.89. The van der Waals surface area contributed by atoms with Crippen LogP contribution >= 0.6 is 12.4 Å². The molecule has 1 aliphatic rings. The van der Waals surface area contributed by atoms with Gasteiger partial charge in [0.1, 0.15) is 0 Å². The first-order valence-electron chi connectivity index (χ1n) is 6.72. The summed E-state index contributed by atoms with van der Waals surface area (Å²) in [6.07, 6.45) is 0.729. The monoisotopic (exact) mass is 352 g/mol. The second-order valence-electron chi connectivity index (χ2n) is 4.89. The van der Waals surface area contributed by atoms with Gasteiger partial charge < -0.3 is 24.8 Å². The summed E-state index contributed by atoms with van der Waals surface area (Å²) >= 11 is 0. The van der Waals surface area contributed by atoms with Crippen LogP contribution in [-0.4, -0.2) is 50.8 Å². The smallest absolute Gasteiger partial charge is 0.387 e. The van der Waals surface area contributed by atoms with E-state index in [1.165, 1.54) is 26.4 Å². The van der Waals surface area contributed by atoms with E-state index in [0.29, 0.717) is 13.1 Å². The molecule has 1 aliphatic heterocycles. The molecule has 0 aromatic heterocycles. The van der Waals surface area contributed by atoms with E-state index in [4.69, 9.17) is 15.2 Å². The van der Waals surface area contributed by atoms with Crippen molar-refractivity contribution < 1.29 is 27.8 Å². The van der Waals surface area contributed by atoms with Crippen LogP contribution in [0.25, 0.3) is 0 Å². The van der Waals surface area contributed by atoms with Crippen molar-refractivity contribution in [2.75, 3.05) is 27.3 Å². The molecule has 1 aromatic carbocycles. The van der Waals surface area contributed by atoms with Gasteiger partial charge in [-0.25, -0.2) is 0 Å². The van der Waals surface area contributed by atoms with Crippen molar-refractivity contribution in [2.24, 2.45) is 5.73 Å². The molecule has 23 heavy (non-hydrogen) atoms. The van der Waals surface area contributed by atoms with Crippen molar-refractivity contribution in [3.05, 3.63) is 17.7 Å². The lowest BCUT2D eigenvalue weighted by Gasteiger charge is -2.19. The third-order valence-electron chi connectivity index (χ3n) is 3.43. The van der Waals surface area contributed by atoms with Crippen LogP contribution in [0, 0.1) is 0 Å². The highest BCUT2D eigenvalue weighted by Gasteiger charge is 2.27. The lowest BCUT2D eigenvalue weighted by atomic mass is 10.1. The number of halogens is 3. The number of nitrogens with zero attached hydrogens (tertiary/aromatic N) is 1. The molecule has 1 heterocycles. The third-order valence-corrected chi connectivity index (χ3v) is 3.43. The minimum atomic E-state index is -3.03. The Kier molecular flexibility index (Phi) is 6.83. The number of amides is 1. The van der Waals surface area contributed by atoms with E-state index in [-0.39, 0.29) is 47.2 Å². The highest BCUT2D eigenvalue weighted by molar-refractivity contribution is 5.95. The van der Waals surface area contributed by atoms with Gasteiger partial charge in [0.25, 0.3) is 5.91 Å². The summed E-state index contributed by atoms with van der Waals surface area (Å²) in [6.45, 7) is -2.01. The molecule has 0 spiro atoms. The molecule has 6 nitrogen and oxygen atoms in total. The van der Waals surface area contributed by atoms with Gasteiger partial charge in [-0.1, -0.05) is 0 Å². The molecule has 1 fully saturated rings. The van der Waals surface area contributed by atoms with Crippen molar-refractivity contribution in [3.63, 3.8) is 0 Å². The number of nitrogens with two attached hydrogens (primary N) is 1. The zero-order valence-electron chi connectivity index (χ0n) is 12.8. The largest absolute Gasteiger partial charge is 0.493 e. The van der Waals surface area contributed by atoms with Gasteiger partial charge in [0, 0.05) is 24.7 Å². The summed E-state index contributed by atoms with van der Waals surface area (Å²) in [5.41, 5.74) is 6.05. The fourth-order valence-corrected chi connectivity index (χ4v) is 2.36. The number of carbonyl (C=O) groups is 1. The fraction of sp³-hybridized carbons (Fsp3) is 0.500. The van der Waals surface area contributed by atoms with Crippen LogP contribution in [-0.2, 0) is 0 Å². The van der Waals surface area contributed by atoms with E-state index >= 15 is 0 Å². The third kappa shape index (κ3) is 4.35. The van der Waals surface area contributed by atoms with Crippen LogP contribution in [0.3, 0.4) is 0 Å². The maximum absolute atomic E-state index is 12.5. The summed E-state index contributed by atoms with van der Waals surface area (Å²) in [4.78, 5) is 14.0. The molecule has 0 aliphatic carbocycles. The second kappa shape index (κ2) is 8.16. The normalized spacial score (nSPS) is 17.0. The van der Waals surface area contributed by atoms with Crippen molar-refractivity contribution in [1.29, 1.82) is 0 Å². The van der Waals surface area contributed by atoms with Crippen LogP contribution < -0.4 is 19.9 Å². The molecule has 0 saturated carbocycles. The Labute approximate surface area is 138 Å². The average Bonchev–Trinajstić information content (AvgIpc) is 2.92. The Hall–Kier alpha value is -1.80. The van der Waals surface area contributed by atoms with E-state index in [2.05, 4.69) is 4.74 Å². The number of methoxy groups -OCH3 is 2. The quantitative estimate of drug-likeness (QED) is 0.876. The van der Waals surface area contributed by atoms with E-state index in [9.17, 15) is 13.6 Å². The Bertz CT molecular complexity index is 535.